The molecule has 0 aliphatic heterocycles. The number of para-hydroxylation sites is 1. The van der Waals surface area contributed by atoms with Gasteiger partial charge in [0.15, 0.2) is 0 Å². The van der Waals surface area contributed by atoms with E-state index >= 15 is 0 Å². The fourth-order valence-electron chi connectivity index (χ4n) is 1.79. The molecule has 0 saturated heterocycles. The van der Waals surface area contributed by atoms with Crippen molar-refractivity contribution in [2.45, 2.75) is 25.4 Å². The summed E-state index contributed by atoms with van der Waals surface area (Å²) in [6, 6.07) is 10.6. The Morgan fingerprint density at radius 3 is 2.82 bits per heavy atom. The zero-order valence-electron chi connectivity index (χ0n) is 10.4. The summed E-state index contributed by atoms with van der Waals surface area (Å²) >= 11 is 1.82. The molecule has 0 atom stereocenters. The monoisotopic (exact) mass is 246 g/mol. The minimum Gasteiger partial charge on any atom is -0.313 e. The van der Waals surface area contributed by atoms with Crippen molar-refractivity contribution in [2.75, 3.05) is 12.3 Å². The highest BCUT2D eigenvalue weighted by atomic mass is 32.2. The van der Waals surface area contributed by atoms with Crippen LogP contribution in [0.1, 0.15) is 19.4 Å². The van der Waals surface area contributed by atoms with Gasteiger partial charge in [-0.1, -0.05) is 32.0 Å². The van der Waals surface area contributed by atoms with Gasteiger partial charge in [-0.3, -0.25) is 0 Å². The predicted octanol–water partition coefficient (Wildman–Crippen LogP) is 3.46. The molecule has 0 bridgehead atoms. The number of pyridine rings is 1. The second-order valence-electron chi connectivity index (χ2n) is 3.86. The molecule has 2 aromatic rings. The summed E-state index contributed by atoms with van der Waals surface area (Å²) in [5.74, 6) is 1.06. The van der Waals surface area contributed by atoms with Crippen LogP contribution in [0.4, 0.5) is 0 Å². The van der Waals surface area contributed by atoms with E-state index in [1.807, 2.05) is 17.8 Å². The minimum absolute atomic E-state index is 0.899. The van der Waals surface area contributed by atoms with Crippen LogP contribution in [0.5, 0.6) is 0 Å². The number of nitrogens with zero attached hydrogens (tertiary/aromatic N) is 1. The quantitative estimate of drug-likeness (QED) is 0.818. The van der Waals surface area contributed by atoms with Gasteiger partial charge in [0.05, 0.1) is 5.52 Å². The lowest BCUT2D eigenvalue weighted by Gasteiger charge is -2.09. The van der Waals surface area contributed by atoms with E-state index in [2.05, 4.69) is 43.4 Å². The van der Waals surface area contributed by atoms with Crippen LogP contribution in [0, 0.1) is 0 Å². The van der Waals surface area contributed by atoms with Crippen molar-refractivity contribution < 1.29 is 0 Å². The van der Waals surface area contributed by atoms with E-state index in [4.69, 9.17) is 4.98 Å². The average molecular weight is 246 g/mol. The molecule has 1 aromatic carbocycles. The summed E-state index contributed by atoms with van der Waals surface area (Å²) in [5, 5.41) is 5.76. The highest BCUT2D eigenvalue weighted by Crippen LogP contribution is 2.24. The molecule has 90 valence electrons. The Labute approximate surface area is 107 Å². The van der Waals surface area contributed by atoms with Crippen molar-refractivity contribution >= 4 is 22.7 Å². The van der Waals surface area contributed by atoms with E-state index in [-0.39, 0.29) is 0 Å². The van der Waals surface area contributed by atoms with E-state index in [1.54, 1.807) is 0 Å². The largest absolute Gasteiger partial charge is 0.313 e. The SMILES string of the molecule is CCNCc1cc2ccccc2nc1SCC. The Morgan fingerprint density at radius 1 is 1.24 bits per heavy atom. The molecule has 2 rings (SSSR count). The van der Waals surface area contributed by atoms with E-state index in [9.17, 15) is 0 Å². The summed E-state index contributed by atoms with van der Waals surface area (Å²) in [4.78, 5) is 4.74. The molecule has 3 heteroatoms. The summed E-state index contributed by atoms with van der Waals surface area (Å²) < 4.78 is 0. The van der Waals surface area contributed by atoms with Gasteiger partial charge < -0.3 is 5.32 Å². The van der Waals surface area contributed by atoms with Gasteiger partial charge in [-0.2, -0.15) is 0 Å². The molecule has 0 spiro atoms. The normalized spacial score (nSPS) is 10.9. The van der Waals surface area contributed by atoms with Gasteiger partial charge in [-0.05, 0) is 30.0 Å². The first-order valence-electron chi connectivity index (χ1n) is 6.07. The third kappa shape index (κ3) is 2.99. The van der Waals surface area contributed by atoms with Crippen LogP contribution in [0.15, 0.2) is 35.4 Å². The number of hydrogen-bond acceptors (Lipinski definition) is 3. The van der Waals surface area contributed by atoms with Crippen LogP contribution in [-0.2, 0) is 6.54 Å². The van der Waals surface area contributed by atoms with Crippen LogP contribution < -0.4 is 5.32 Å². The van der Waals surface area contributed by atoms with E-state index in [1.165, 1.54) is 10.9 Å². The third-order valence-electron chi connectivity index (χ3n) is 2.61. The molecular weight excluding hydrogens is 228 g/mol. The molecule has 1 heterocycles. The molecule has 0 radical (unpaired) electrons. The smallest absolute Gasteiger partial charge is 0.101 e. The van der Waals surface area contributed by atoms with Crippen molar-refractivity contribution in [3.8, 4) is 0 Å². The van der Waals surface area contributed by atoms with Crippen LogP contribution in [0.2, 0.25) is 0 Å². The van der Waals surface area contributed by atoms with Crippen LogP contribution in [0.3, 0.4) is 0 Å². The number of fused-ring (bicyclic) bond motifs is 1. The Bertz CT molecular complexity index is 497. The molecule has 0 aliphatic rings. The standard InChI is InChI=1S/C14H18N2S/c1-3-15-10-12-9-11-7-5-6-8-13(11)16-14(12)17-4-2/h5-9,15H,3-4,10H2,1-2H3. The minimum atomic E-state index is 0.899. The lowest BCUT2D eigenvalue weighted by atomic mass is 10.1. The molecule has 0 amide bonds. The number of aromatic nitrogens is 1. The number of hydrogen-bond donors (Lipinski definition) is 1. The molecule has 0 fully saturated rings. The number of nitrogens with one attached hydrogen (secondary N) is 1. The average Bonchev–Trinajstić information content (AvgIpc) is 2.36. The van der Waals surface area contributed by atoms with Crippen molar-refractivity contribution in [2.24, 2.45) is 0 Å². The summed E-state index contributed by atoms with van der Waals surface area (Å²) in [6.07, 6.45) is 0. The summed E-state index contributed by atoms with van der Waals surface area (Å²) in [5.41, 5.74) is 2.39. The summed E-state index contributed by atoms with van der Waals surface area (Å²) in [7, 11) is 0. The molecule has 0 aliphatic carbocycles. The second kappa shape index (κ2) is 6.03. The highest BCUT2D eigenvalue weighted by Gasteiger charge is 2.06. The van der Waals surface area contributed by atoms with Crippen LogP contribution >= 0.6 is 11.8 Å². The zero-order chi connectivity index (χ0) is 12.1. The molecule has 2 nitrogen and oxygen atoms in total. The number of benzene rings is 1. The second-order valence-corrected chi connectivity index (χ2v) is 5.11. The Kier molecular flexibility index (Phi) is 4.40. The maximum atomic E-state index is 4.74. The fourth-order valence-corrected chi connectivity index (χ4v) is 2.54. The van der Waals surface area contributed by atoms with Crippen molar-refractivity contribution in [3.63, 3.8) is 0 Å². The third-order valence-corrected chi connectivity index (χ3v) is 3.53. The van der Waals surface area contributed by atoms with Crippen LogP contribution in [-0.4, -0.2) is 17.3 Å². The molecule has 0 saturated carbocycles. The first-order valence-corrected chi connectivity index (χ1v) is 7.06. The first-order chi connectivity index (χ1) is 8.35. The van der Waals surface area contributed by atoms with Gasteiger partial charge >= 0.3 is 0 Å². The Balaban J connectivity index is 2.42. The van der Waals surface area contributed by atoms with Gasteiger partial charge in [0, 0.05) is 11.9 Å². The molecular formula is C14H18N2S. The Hall–Kier alpha value is -1.06. The van der Waals surface area contributed by atoms with Crippen molar-refractivity contribution in [1.29, 1.82) is 0 Å². The van der Waals surface area contributed by atoms with Gasteiger partial charge in [-0.25, -0.2) is 4.98 Å². The summed E-state index contributed by atoms with van der Waals surface area (Å²) in [6.45, 7) is 6.18. The lowest BCUT2D eigenvalue weighted by molar-refractivity contribution is 0.713. The highest BCUT2D eigenvalue weighted by molar-refractivity contribution is 7.99. The molecule has 1 aromatic heterocycles. The topological polar surface area (TPSA) is 24.9 Å². The fraction of sp³-hybridized carbons (Fsp3) is 0.357. The van der Waals surface area contributed by atoms with Crippen molar-refractivity contribution in [1.82, 2.24) is 10.3 Å². The van der Waals surface area contributed by atoms with Gasteiger partial charge in [0.25, 0.3) is 0 Å². The van der Waals surface area contributed by atoms with Gasteiger partial charge in [-0.15, -0.1) is 11.8 Å². The van der Waals surface area contributed by atoms with Crippen LogP contribution in [0.25, 0.3) is 10.9 Å². The molecule has 1 N–H and O–H groups in total. The maximum absolute atomic E-state index is 4.74. The van der Waals surface area contributed by atoms with Gasteiger partial charge in [0.2, 0.25) is 0 Å². The Morgan fingerprint density at radius 2 is 2.06 bits per heavy atom. The first kappa shape index (κ1) is 12.4. The van der Waals surface area contributed by atoms with E-state index in [0.717, 1.165) is 29.4 Å². The molecule has 17 heavy (non-hydrogen) atoms. The number of thioether (sulfide) groups is 1. The van der Waals surface area contributed by atoms with E-state index < -0.39 is 0 Å². The van der Waals surface area contributed by atoms with Gasteiger partial charge in [0.1, 0.15) is 5.03 Å². The number of rotatable bonds is 5. The lowest BCUT2D eigenvalue weighted by Crippen LogP contribution is -2.13. The predicted molar refractivity (Wildman–Crippen MR) is 75.5 cm³/mol. The molecule has 0 unspecified atom stereocenters. The maximum Gasteiger partial charge on any atom is 0.101 e. The zero-order valence-corrected chi connectivity index (χ0v) is 11.2. The van der Waals surface area contributed by atoms with Crippen molar-refractivity contribution in [3.05, 3.63) is 35.9 Å². The van der Waals surface area contributed by atoms with E-state index in [0.29, 0.717) is 0 Å².